The molecule has 0 atom stereocenters. The first-order valence-electron chi connectivity index (χ1n) is 4.81. The fourth-order valence-electron chi connectivity index (χ4n) is 1.18. The fraction of sp³-hybridized carbons (Fsp3) is 0.100. The summed E-state index contributed by atoms with van der Waals surface area (Å²) in [5.41, 5.74) is -1.17. The molecule has 0 bridgehead atoms. The minimum Gasteiger partial charge on any atom is -0.265 e. The van der Waals surface area contributed by atoms with Crippen molar-refractivity contribution in [2.75, 3.05) is 0 Å². The minimum atomic E-state index is -0.855. The van der Waals surface area contributed by atoms with Gasteiger partial charge in [0.2, 0.25) is 0 Å². The second-order valence-electron chi connectivity index (χ2n) is 3.30. The molecular weight excluding hydrogens is 254 g/mol. The van der Waals surface area contributed by atoms with Gasteiger partial charge in [0.1, 0.15) is 5.03 Å². The Morgan fingerprint density at radius 1 is 1.50 bits per heavy atom. The van der Waals surface area contributed by atoms with E-state index in [4.69, 9.17) is 5.26 Å². The summed E-state index contributed by atoms with van der Waals surface area (Å²) < 4.78 is 1.33. The molecule has 1 N–H and O–H groups in total. The number of nitrogens with zero attached hydrogens (tertiary/aromatic N) is 4. The van der Waals surface area contributed by atoms with Crippen molar-refractivity contribution < 1.29 is 0 Å². The van der Waals surface area contributed by atoms with Gasteiger partial charge in [0.05, 0.1) is 11.6 Å². The number of hydrogen-bond donors (Lipinski definition) is 1. The molecule has 0 aliphatic carbocycles. The third-order valence-corrected chi connectivity index (χ3v) is 2.99. The van der Waals surface area contributed by atoms with Gasteiger partial charge in [0.15, 0.2) is 5.16 Å². The van der Waals surface area contributed by atoms with Crippen LogP contribution < -0.4 is 11.1 Å². The van der Waals surface area contributed by atoms with E-state index in [1.54, 1.807) is 19.2 Å². The molecule has 0 aliphatic rings. The summed E-state index contributed by atoms with van der Waals surface area (Å²) in [4.78, 5) is 29.8. The quantitative estimate of drug-likeness (QED) is 0.756. The second kappa shape index (κ2) is 4.85. The lowest BCUT2D eigenvalue weighted by Gasteiger charge is -2.04. The van der Waals surface area contributed by atoms with E-state index in [-0.39, 0.29) is 0 Å². The summed E-state index contributed by atoms with van der Waals surface area (Å²) >= 11 is 1.09. The predicted octanol–water partition coefficient (Wildman–Crippen LogP) is -0.114. The molecule has 0 aliphatic heterocycles. The normalized spacial score (nSPS) is 10.0. The van der Waals surface area contributed by atoms with Crippen molar-refractivity contribution >= 4 is 11.8 Å². The summed E-state index contributed by atoms with van der Waals surface area (Å²) in [6, 6.07) is 5.13. The lowest BCUT2D eigenvalue weighted by Crippen LogP contribution is -2.33. The zero-order valence-electron chi connectivity index (χ0n) is 9.25. The number of nitriles is 1. The molecule has 18 heavy (non-hydrogen) atoms. The summed E-state index contributed by atoms with van der Waals surface area (Å²) in [6.45, 7) is 0. The van der Waals surface area contributed by atoms with Crippen molar-refractivity contribution in [1.29, 1.82) is 5.26 Å². The second-order valence-corrected chi connectivity index (χ2v) is 4.28. The summed E-state index contributed by atoms with van der Waals surface area (Å²) in [5, 5.41) is 11.9. The maximum absolute atomic E-state index is 11.2. The van der Waals surface area contributed by atoms with E-state index in [9.17, 15) is 9.59 Å². The number of aromatic nitrogens is 4. The minimum absolute atomic E-state index is 0.294. The van der Waals surface area contributed by atoms with Crippen LogP contribution in [-0.2, 0) is 7.05 Å². The van der Waals surface area contributed by atoms with Crippen molar-refractivity contribution in [1.82, 2.24) is 19.7 Å². The van der Waals surface area contributed by atoms with E-state index in [2.05, 4.69) is 15.1 Å². The molecule has 8 heteroatoms. The van der Waals surface area contributed by atoms with Crippen LogP contribution in [0.5, 0.6) is 0 Å². The van der Waals surface area contributed by atoms with Crippen LogP contribution >= 0.6 is 11.8 Å². The number of pyridine rings is 1. The van der Waals surface area contributed by atoms with Gasteiger partial charge in [-0.25, -0.2) is 4.98 Å². The van der Waals surface area contributed by atoms with Crippen molar-refractivity contribution in [3.8, 4) is 6.07 Å². The van der Waals surface area contributed by atoms with E-state index in [0.717, 1.165) is 11.8 Å². The molecule has 7 nitrogen and oxygen atoms in total. The van der Waals surface area contributed by atoms with Gasteiger partial charge in [-0.2, -0.15) is 10.2 Å². The largest absolute Gasteiger partial charge is 0.339 e. The van der Waals surface area contributed by atoms with Crippen LogP contribution in [0.3, 0.4) is 0 Å². The van der Waals surface area contributed by atoms with Crippen LogP contribution in [0.15, 0.2) is 38.1 Å². The highest BCUT2D eigenvalue weighted by molar-refractivity contribution is 7.99. The van der Waals surface area contributed by atoms with Crippen LogP contribution in [0.2, 0.25) is 0 Å². The third kappa shape index (κ3) is 2.46. The van der Waals surface area contributed by atoms with Crippen LogP contribution in [0.1, 0.15) is 5.56 Å². The van der Waals surface area contributed by atoms with Crippen molar-refractivity contribution in [3.63, 3.8) is 0 Å². The fourth-order valence-corrected chi connectivity index (χ4v) is 1.98. The number of rotatable bonds is 2. The first kappa shape index (κ1) is 12.1. The van der Waals surface area contributed by atoms with Crippen LogP contribution in [0.4, 0.5) is 0 Å². The summed E-state index contributed by atoms with van der Waals surface area (Å²) in [6.07, 6.45) is 1.49. The van der Waals surface area contributed by atoms with E-state index in [1.807, 2.05) is 6.07 Å². The van der Waals surface area contributed by atoms with Gasteiger partial charge in [-0.15, -0.1) is 0 Å². The molecule has 0 unspecified atom stereocenters. The molecule has 0 aromatic carbocycles. The Hall–Kier alpha value is -2.40. The Labute approximate surface area is 105 Å². The molecule has 0 amide bonds. The molecule has 0 radical (unpaired) electrons. The van der Waals surface area contributed by atoms with Crippen LogP contribution in [-0.4, -0.2) is 19.7 Å². The monoisotopic (exact) mass is 261 g/mol. The highest BCUT2D eigenvalue weighted by Gasteiger charge is 2.07. The highest BCUT2D eigenvalue weighted by Crippen LogP contribution is 2.22. The van der Waals surface area contributed by atoms with E-state index < -0.39 is 11.1 Å². The molecular formula is C10H7N5O2S. The molecule has 2 aromatic heterocycles. The van der Waals surface area contributed by atoms with Gasteiger partial charge in [0, 0.05) is 13.2 Å². The molecule has 0 saturated heterocycles. The number of aryl methyl sites for hydroxylation is 1. The van der Waals surface area contributed by atoms with Gasteiger partial charge < -0.3 is 0 Å². The maximum Gasteiger partial charge on any atom is 0.339 e. The van der Waals surface area contributed by atoms with Gasteiger partial charge in [-0.3, -0.25) is 19.4 Å². The number of nitrogens with one attached hydrogen (secondary N) is 1. The van der Waals surface area contributed by atoms with Gasteiger partial charge in [-0.05, 0) is 23.9 Å². The molecule has 2 heterocycles. The lowest BCUT2D eigenvalue weighted by molar-refractivity contribution is 0.596. The number of H-pyrrole nitrogens is 1. The Balaban J connectivity index is 2.40. The molecule has 0 spiro atoms. The summed E-state index contributed by atoms with van der Waals surface area (Å²) in [7, 11) is 1.56. The molecule has 0 saturated carbocycles. The van der Waals surface area contributed by atoms with Crippen molar-refractivity contribution in [2.24, 2.45) is 7.05 Å². The Morgan fingerprint density at radius 3 is 3.00 bits per heavy atom. The smallest absolute Gasteiger partial charge is 0.265 e. The summed E-state index contributed by atoms with van der Waals surface area (Å²) in [5.74, 6) is 0. The molecule has 2 aromatic rings. The van der Waals surface area contributed by atoms with Gasteiger partial charge in [0.25, 0.3) is 0 Å². The first-order valence-corrected chi connectivity index (χ1v) is 5.63. The highest BCUT2D eigenvalue weighted by atomic mass is 32.2. The lowest BCUT2D eigenvalue weighted by atomic mass is 10.3. The average Bonchev–Trinajstić information content (AvgIpc) is 2.36. The number of hydrogen-bond acceptors (Lipinski definition) is 6. The first-order chi connectivity index (χ1) is 8.60. The third-order valence-electron chi connectivity index (χ3n) is 2.01. The van der Waals surface area contributed by atoms with Crippen LogP contribution in [0, 0.1) is 11.3 Å². The van der Waals surface area contributed by atoms with E-state index in [1.165, 1.54) is 10.9 Å². The van der Waals surface area contributed by atoms with Gasteiger partial charge in [-0.1, -0.05) is 0 Å². The Kier molecular flexibility index (Phi) is 3.25. The SMILES string of the molecule is Cn1[nH]c(=O)c(=O)nc1Sc1cc(C#N)ccn1. The average molecular weight is 261 g/mol. The predicted molar refractivity (Wildman–Crippen MR) is 63.2 cm³/mol. The standard InChI is InChI=1S/C10H7N5O2S/c1-15-10(13-8(16)9(17)14-15)18-7-4-6(5-11)2-3-12-7/h2-4H,1H3,(H,14,17). The topological polar surface area (TPSA) is 104 Å². The zero-order chi connectivity index (χ0) is 13.1. The van der Waals surface area contributed by atoms with E-state index >= 15 is 0 Å². The van der Waals surface area contributed by atoms with Crippen LogP contribution in [0.25, 0.3) is 0 Å². The molecule has 2 rings (SSSR count). The van der Waals surface area contributed by atoms with Crippen molar-refractivity contribution in [2.45, 2.75) is 10.2 Å². The van der Waals surface area contributed by atoms with Gasteiger partial charge >= 0.3 is 11.1 Å². The molecule has 0 fully saturated rings. The maximum atomic E-state index is 11.2. The number of aromatic amines is 1. The Bertz CT molecular complexity index is 743. The van der Waals surface area contributed by atoms with Crippen molar-refractivity contribution in [3.05, 3.63) is 44.6 Å². The molecule has 90 valence electrons. The Morgan fingerprint density at radius 2 is 2.28 bits per heavy atom. The van der Waals surface area contributed by atoms with E-state index in [0.29, 0.717) is 15.7 Å². The zero-order valence-corrected chi connectivity index (χ0v) is 10.1.